The van der Waals surface area contributed by atoms with Gasteiger partial charge < -0.3 is 0 Å². The SMILES string of the molecule is CCC1=NN(c2ccccn2)C(=O)C1c1ccccc1. The van der Waals surface area contributed by atoms with Crippen molar-refractivity contribution < 1.29 is 4.79 Å². The molecule has 0 aliphatic carbocycles. The van der Waals surface area contributed by atoms with E-state index in [9.17, 15) is 4.79 Å². The number of aromatic nitrogens is 1. The lowest BCUT2D eigenvalue weighted by molar-refractivity contribution is -0.118. The third-order valence-electron chi connectivity index (χ3n) is 3.38. The van der Waals surface area contributed by atoms with Crippen LogP contribution >= 0.6 is 0 Å². The normalized spacial score (nSPS) is 18.2. The summed E-state index contributed by atoms with van der Waals surface area (Å²) in [6.07, 6.45) is 2.41. The molecule has 0 fully saturated rings. The highest BCUT2D eigenvalue weighted by Gasteiger charge is 2.37. The molecule has 1 aliphatic rings. The molecule has 1 aromatic carbocycles. The zero-order chi connectivity index (χ0) is 13.9. The van der Waals surface area contributed by atoms with E-state index in [2.05, 4.69) is 10.1 Å². The Hall–Kier alpha value is -2.49. The number of carbonyl (C=O) groups excluding carboxylic acids is 1. The molecule has 1 aromatic heterocycles. The van der Waals surface area contributed by atoms with Gasteiger partial charge in [0.1, 0.15) is 5.92 Å². The van der Waals surface area contributed by atoms with E-state index >= 15 is 0 Å². The van der Waals surface area contributed by atoms with Crippen molar-refractivity contribution in [2.24, 2.45) is 5.10 Å². The molecule has 1 amide bonds. The Morgan fingerprint density at radius 2 is 1.85 bits per heavy atom. The lowest BCUT2D eigenvalue weighted by atomic mass is 9.93. The molecule has 1 atom stereocenters. The predicted octanol–water partition coefficient (Wildman–Crippen LogP) is 2.98. The van der Waals surface area contributed by atoms with Crippen LogP contribution < -0.4 is 5.01 Å². The summed E-state index contributed by atoms with van der Waals surface area (Å²) < 4.78 is 0. The van der Waals surface area contributed by atoms with Crippen LogP contribution in [-0.2, 0) is 4.79 Å². The highest BCUT2D eigenvalue weighted by molar-refractivity contribution is 6.19. The third-order valence-corrected chi connectivity index (χ3v) is 3.38. The van der Waals surface area contributed by atoms with Crippen LogP contribution in [-0.4, -0.2) is 16.6 Å². The summed E-state index contributed by atoms with van der Waals surface area (Å²) in [4.78, 5) is 16.9. The molecular formula is C16H15N3O. The number of pyridine rings is 1. The summed E-state index contributed by atoms with van der Waals surface area (Å²) >= 11 is 0. The second-order valence-electron chi connectivity index (χ2n) is 4.63. The van der Waals surface area contributed by atoms with Gasteiger partial charge in [-0.25, -0.2) is 4.98 Å². The molecule has 100 valence electrons. The number of benzene rings is 1. The van der Waals surface area contributed by atoms with Crippen LogP contribution in [0.1, 0.15) is 24.8 Å². The number of carbonyl (C=O) groups is 1. The van der Waals surface area contributed by atoms with E-state index in [0.29, 0.717) is 5.82 Å². The highest BCUT2D eigenvalue weighted by Crippen LogP contribution is 2.30. The second kappa shape index (κ2) is 5.25. The smallest absolute Gasteiger partial charge is 0.262 e. The van der Waals surface area contributed by atoms with E-state index in [1.807, 2.05) is 49.4 Å². The Morgan fingerprint density at radius 1 is 1.10 bits per heavy atom. The monoisotopic (exact) mass is 265 g/mol. The maximum absolute atomic E-state index is 12.6. The van der Waals surface area contributed by atoms with Gasteiger partial charge >= 0.3 is 0 Å². The molecule has 0 saturated carbocycles. The van der Waals surface area contributed by atoms with Gasteiger partial charge in [-0.15, -0.1) is 0 Å². The molecule has 2 aromatic rings. The van der Waals surface area contributed by atoms with Gasteiger partial charge in [0.15, 0.2) is 5.82 Å². The number of anilines is 1. The molecule has 0 spiro atoms. The molecule has 0 bridgehead atoms. The van der Waals surface area contributed by atoms with Gasteiger partial charge in [0.25, 0.3) is 5.91 Å². The molecule has 0 N–H and O–H groups in total. The van der Waals surface area contributed by atoms with E-state index in [1.54, 1.807) is 12.3 Å². The first-order chi connectivity index (χ1) is 9.81. The summed E-state index contributed by atoms with van der Waals surface area (Å²) in [5.74, 6) is 0.247. The number of hydrogen-bond donors (Lipinski definition) is 0. The Bertz CT molecular complexity index is 637. The van der Waals surface area contributed by atoms with Crippen LogP contribution in [0.4, 0.5) is 5.82 Å². The topological polar surface area (TPSA) is 45.6 Å². The van der Waals surface area contributed by atoms with Crippen molar-refractivity contribution in [3.05, 3.63) is 60.3 Å². The van der Waals surface area contributed by atoms with Crippen molar-refractivity contribution in [2.75, 3.05) is 5.01 Å². The summed E-state index contributed by atoms with van der Waals surface area (Å²) in [5, 5.41) is 5.87. The Kier molecular flexibility index (Phi) is 3.29. The van der Waals surface area contributed by atoms with E-state index < -0.39 is 0 Å². The molecule has 0 radical (unpaired) electrons. The molecule has 0 saturated heterocycles. The van der Waals surface area contributed by atoms with E-state index in [0.717, 1.165) is 17.7 Å². The summed E-state index contributed by atoms with van der Waals surface area (Å²) in [6, 6.07) is 15.2. The number of nitrogens with zero attached hydrogens (tertiary/aromatic N) is 3. The first-order valence-electron chi connectivity index (χ1n) is 6.68. The number of amides is 1. The van der Waals surface area contributed by atoms with E-state index in [4.69, 9.17) is 0 Å². The fraction of sp³-hybridized carbons (Fsp3) is 0.188. The van der Waals surface area contributed by atoms with Gasteiger partial charge in [-0.3, -0.25) is 4.79 Å². The molecule has 20 heavy (non-hydrogen) atoms. The average molecular weight is 265 g/mol. The fourth-order valence-corrected chi connectivity index (χ4v) is 2.40. The van der Waals surface area contributed by atoms with Crippen molar-refractivity contribution in [1.82, 2.24) is 4.98 Å². The minimum Gasteiger partial charge on any atom is -0.271 e. The molecular weight excluding hydrogens is 250 g/mol. The van der Waals surface area contributed by atoms with Crippen LogP contribution in [0.3, 0.4) is 0 Å². The summed E-state index contributed by atoms with van der Waals surface area (Å²) in [6.45, 7) is 2.02. The molecule has 3 rings (SSSR count). The molecule has 1 unspecified atom stereocenters. The van der Waals surface area contributed by atoms with Gasteiger partial charge in [-0.05, 0) is 24.1 Å². The summed E-state index contributed by atoms with van der Waals surface area (Å²) in [7, 11) is 0. The minimum atomic E-state index is -0.289. The first kappa shape index (κ1) is 12.5. The van der Waals surface area contributed by atoms with Crippen LogP contribution in [0.2, 0.25) is 0 Å². The number of hydrogen-bond acceptors (Lipinski definition) is 3. The van der Waals surface area contributed by atoms with Gasteiger partial charge in [0, 0.05) is 6.20 Å². The quantitative estimate of drug-likeness (QED) is 0.856. The van der Waals surface area contributed by atoms with Gasteiger partial charge in [0.05, 0.1) is 5.71 Å². The Balaban J connectivity index is 1.99. The standard InChI is InChI=1S/C16H15N3O/c1-2-13-15(12-8-4-3-5-9-12)16(20)19(18-13)14-10-6-7-11-17-14/h3-11,15H,2H2,1H3. The lowest BCUT2D eigenvalue weighted by Gasteiger charge is -2.13. The predicted molar refractivity (Wildman–Crippen MR) is 78.6 cm³/mol. The fourth-order valence-electron chi connectivity index (χ4n) is 2.40. The number of rotatable bonds is 3. The van der Waals surface area contributed by atoms with Gasteiger partial charge in [-0.1, -0.05) is 43.3 Å². The maximum atomic E-state index is 12.6. The minimum absolute atomic E-state index is 0.0354. The van der Waals surface area contributed by atoms with Gasteiger partial charge in [-0.2, -0.15) is 10.1 Å². The van der Waals surface area contributed by atoms with Gasteiger partial charge in [0.2, 0.25) is 0 Å². The molecule has 2 heterocycles. The number of hydrazone groups is 1. The van der Waals surface area contributed by atoms with Crippen LogP contribution in [0.5, 0.6) is 0 Å². The zero-order valence-electron chi connectivity index (χ0n) is 11.2. The van der Waals surface area contributed by atoms with Crippen LogP contribution in [0, 0.1) is 0 Å². The molecule has 4 heteroatoms. The Labute approximate surface area is 117 Å². The highest BCUT2D eigenvalue weighted by atomic mass is 16.2. The van der Waals surface area contributed by atoms with Crippen molar-refractivity contribution in [1.29, 1.82) is 0 Å². The van der Waals surface area contributed by atoms with Crippen molar-refractivity contribution >= 4 is 17.4 Å². The van der Waals surface area contributed by atoms with Crippen LogP contribution in [0.25, 0.3) is 0 Å². The molecule has 4 nitrogen and oxygen atoms in total. The van der Waals surface area contributed by atoms with Crippen molar-refractivity contribution in [3.8, 4) is 0 Å². The second-order valence-corrected chi connectivity index (χ2v) is 4.63. The average Bonchev–Trinajstić information content (AvgIpc) is 2.86. The van der Waals surface area contributed by atoms with Crippen molar-refractivity contribution in [2.45, 2.75) is 19.3 Å². The maximum Gasteiger partial charge on any atom is 0.262 e. The summed E-state index contributed by atoms with van der Waals surface area (Å²) in [5.41, 5.74) is 1.86. The lowest BCUT2D eigenvalue weighted by Crippen LogP contribution is -2.26. The third kappa shape index (κ3) is 2.09. The van der Waals surface area contributed by atoms with E-state index in [1.165, 1.54) is 5.01 Å². The molecule has 1 aliphatic heterocycles. The largest absolute Gasteiger partial charge is 0.271 e. The zero-order valence-corrected chi connectivity index (χ0v) is 11.2. The van der Waals surface area contributed by atoms with Crippen LogP contribution in [0.15, 0.2) is 59.8 Å². The van der Waals surface area contributed by atoms with E-state index in [-0.39, 0.29) is 11.8 Å². The Morgan fingerprint density at radius 3 is 2.50 bits per heavy atom. The first-order valence-corrected chi connectivity index (χ1v) is 6.68. The van der Waals surface area contributed by atoms with Crippen molar-refractivity contribution in [3.63, 3.8) is 0 Å².